The molecule has 0 aromatic heterocycles. The minimum absolute atomic E-state index is 0.828. The molecule has 0 bridgehead atoms. The van der Waals surface area contributed by atoms with Crippen molar-refractivity contribution in [3.05, 3.63) is 0 Å². The van der Waals surface area contributed by atoms with Gasteiger partial charge in [0.15, 0.2) is 6.29 Å². The van der Waals surface area contributed by atoms with E-state index in [4.69, 9.17) is 19.3 Å². The van der Waals surface area contributed by atoms with Crippen molar-refractivity contribution in [1.82, 2.24) is 0 Å². The van der Waals surface area contributed by atoms with Crippen molar-refractivity contribution in [2.24, 2.45) is 0 Å². The number of phosphoric ester groups is 1. The number of methoxy groups -OCH3 is 1. The maximum Gasteiger partial charge on any atom is 0.469 e. The van der Waals surface area contributed by atoms with Crippen LogP contribution in [0.2, 0.25) is 0 Å². The SMILES string of the molecule is CO[C@@H]1OC([C@H](O)COP(=O)(O)O)[C@@H](O)C(O)[C@H]1O. The molecule has 19 heavy (non-hydrogen) atoms. The third-order valence-electron chi connectivity index (χ3n) is 2.63. The number of hydrogen-bond acceptors (Lipinski definition) is 8. The first-order valence-corrected chi connectivity index (χ1v) is 6.81. The molecule has 6 N–H and O–H groups in total. The Morgan fingerprint density at radius 1 is 1.21 bits per heavy atom. The first-order chi connectivity index (χ1) is 8.67. The molecule has 1 heterocycles. The second kappa shape index (κ2) is 6.55. The highest BCUT2D eigenvalue weighted by atomic mass is 31.2. The van der Waals surface area contributed by atoms with Crippen molar-refractivity contribution < 1.29 is 48.8 Å². The van der Waals surface area contributed by atoms with E-state index in [1.54, 1.807) is 0 Å². The Kier molecular flexibility index (Phi) is 5.83. The number of hydrogen-bond donors (Lipinski definition) is 6. The fourth-order valence-electron chi connectivity index (χ4n) is 1.65. The molecule has 6 atom stereocenters. The highest BCUT2D eigenvalue weighted by Crippen LogP contribution is 2.36. The van der Waals surface area contributed by atoms with Gasteiger partial charge in [-0.05, 0) is 0 Å². The summed E-state index contributed by atoms with van der Waals surface area (Å²) >= 11 is 0. The fraction of sp³-hybridized carbons (Fsp3) is 1.00. The minimum Gasteiger partial charge on any atom is -0.388 e. The smallest absolute Gasteiger partial charge is 0.388 e. The molecule has 11 heteroatoms. The Balaban J connectivity index is 2.67. The molecule has 0 amide bonds. The molecule has 114 valence electrons. The second-order valence-electron chi connectivity index (χ2n) is 4.03. The fourth-order valence-corrected chi connectivity index (χ4v) is 2.00. The molecule has 0 radical (unpaired) electrons. The summed E-state index contributed by atoms with van der Waals surface area (Å²) in [5.74, 6) is 0. The quantitative estimate of drug-likeness (QED) is 0.286. The summed E-state index contributed by atoms with van der Waals surface area (Å²) < 4.78 is 24.2. The van der Waals surface area contributed by atoms with Crippen LogP contribution < -0.4 is 0 Å². The van der Waals surface area contributed by atoms with Crippen LogP contribution in [0, 0.1) is 0 Å². The summed E-state index contributed by atoms with van der Waals surface area (Å²) in [5.41, 5.74) is 0. The van der Waals surface area contributed by atoms with Crippen LogP contribution in [0.3, 0.4) is 0 Å². The predicted molar refractivity (Wildman–Crippen MR) is 57.7 cm³/mol. The molecule has 1 rings (SSSR count). The number of rotatable bonds is 5. The number of aliphatic hydroxyl groups excluding tert-OH is 4. The third-order valence-corrected chi connectivity index (χ3v) is 3.12. The van der Waals surface area contributed by atoms with Crippen LogP contribution in [-0.4, -0.2) is 80.7 Å². The van der Waals surface area contributed by atoms with Crippen molar-refractivity contribution in [2.45, 2.75) is 36.8 Å². The topological polar surface area (TPSA) is 166 Å². The van der Waals surface area contributed by atoms with Crippen LogP contribution in [0.1, 0.15) is 0 Å². The van der Waals surface area contributed by atoms with Gasteiger partial charge in [-0.2, -0.15) is 0 Å². The first kappa shape index (κ1) is 16.9. The summed E-state index contributed by atoms with van der Waals surface area (Å²) in [5, 5.41) is 38.2. The van der Waals surface area contributed by atoms with Gasteiger partial charge in [-0.3, -0.25) is 4.52 Å². The van der Waals surface area contributed by atoms with E-state index >= 15 is 0 Å². The van der Waals surface area contributed by atoms with Gasteiger partial charge in [0.2, 0.25) is 0 Å². The molecule has 0 aromatic carbocycles. The van der Waals surface area contributed by atoms with E-state index in [9.17, 15) is 25.0 Å². The molecule has 0 spiro atoms. The van der Waals surface area contributed by atoms with Crippen LogP contribution in [0.4, 0.5) is 0 Å². The number of phosphoric acid groups is 1. The van der Waals surface area contributed by atoms with E-state index in [0.29, 0.717) is 0 Å². The maximum absolute atomic E-state index is 10.5. The summed E-state index contributed by atoms with van der Waals surface area (Å²) in [6.45, 7) is -0.828. The Bertz CT molecular complexity index is 329. The van der Waals surface area contributed by atoms with Crippen LogP contribution in [0.5, 0.6) is 0 Å². The average Bonchev–Trinajstić information content (AvgIpc) is 2.33. The largest absolute Gasteiger partial charge is 0.469 e. The Morgan fingerprint density at radius 3 is 2.26 bits per heavy atom. The second-order valence-corrected chi connectivity index (χ2v) is 5.27. The van der Waals surface area contributed by atoms with Crippen molar-refractivity contribution in [3.63, 3.8) is 0 Å². The highest BCUT2D eigenvalue weighted by Gasteiger charge is 2.46. The zero-order chi connectivity index (χ0) is 14.8. The lowest BCUT2D eigenvalue weighted by molar-refractivity contribution is -0.305. The summed E-state index contributed by atoms with van der Waals surface area (Å²) in [4.78, 5) is 17.0. The molecule has 1 aliphatic heterocycles. The van der Waals surface area contributed by atoms with E-state index in [-0.39, 0.29) is 0 Å². The van der Waals surface area contributed by atoms with Gasteiger partial charge in [0.1, 0.15) is 30.5 Å². The van der Waals surface area contributed by atoms with Crippen LogP contribution >= 0.6 is 7.82 Å². The lowest BCUT2D eigenvalue weighted by Gasteiger charge is -2.41. The van der Waals surface area contributed by atoms with E-state index < -0.39 is 51.2 Å². The van der Waals surface area contributed by atoms with Gasteiger partial charge in [0, 0.05) is 7.11 Å². The van der Waals surface area contributed by atoms with Crippen molar-refractivity contribution in [2.75, 3.05) is 13.7 Å². The zero-order valence-electron chi connectivity index (χ0n) is 9.93. The first-order valence-electron chi connectivity index (χ1n) is 5.28. The van der Waals surface area contributed by atoms with Crippen molar-refractivity contribution >= 4 is 7.82 Å². The monoisotopic (exact) mass is 304 g/mol. The summed E-state index contributed by atoms with van der Waals surface area (Å²) in [6, 6.07) is 0. The summed E-state index contributed by atoms with van der Waals surface area (Å²) in [6.07, 6.45) is -9.21. The average molecular weight is 304 g/mol. The van der Waals surface area contributed by atoms with Crippen LogP contribution in [0.15, 0.2) is 0 Å². The molecule has 0 saturated carbocycles. The highest BCUT2D eigenvalue weighted by molar-refractivity contribution is 7.46. The maximum atomic E-state index is 10.5. The van der Waals surface area contributed by atoms with Gasteiger partial charge in [-0.15, -0.1) is 0 Å². The van der Waals surface area contributed by atoms with Crippen LogP contribution in [-0.2, 0) is 18.6 Å². The standard InChI is InChI=1S/C8H17O10P/c1-16-8-6(12)4(10)5(11)7(18-8)3(9)2-17-19(13,14)15/h3-12H,2H2,1H3,(H2,13,14,15)/t3-,4?,5+,6-,7?,8-/m1/s1. The van der Waals surface area contributed by atoms with E-state index in [1.807, 2.05) is 0 Å². The van der Waals surface area contributed by atoms with Gasteiger partial charge in [-0.25, -0.2) is 4.57 Å². The molecule has 0 aliphatic carbocycles. The molecule has 1 saturated heterocycles. The molecule has 1 fully saturated rings. The van der Waals surface area contributed by atoms with E-state index in [2.05, 4.69) is 4.52 Å². The lowest BCUT2D eigenvalue weighted by Crippen LogP contribution is -2.61. The van der Waals surface area contributed by atoms with Gasteiger partial charge in [0.05, 0.1) is 6.61 Å². The van der Waals surface area contributed by atoms with E-state index in [1.165, 1.54) is 7.11 Å². The zero-order valence-corrected chi connectivity index (χ0v) is 10.8. The molecule has 0 aromatic rings. The molecular formula is C8H17O10P. The Hall–Kier alpha value is -0.130. The Morgan fingerprint density at radius 2 is 1.79 bits per heavy atom. The van der Waals surface area contributed by atoms with Crippen molar-refractivity contribution in [1.29, 1.82) is 0 Å². The van der Waals surface area contributed by atoms with Gasteiger partial charge < -0.3 is 39.7 Å². The van der Waals surface area contributed by atoms with Crippen molar-refractivity contribution in [3.8, 4) is 0 Å². The van der Waals surface area contributed by atoms with Crippen LogP contribution in [0.25, 0.3) is 0 Å². The van der Waals surface area contributed by atoms with Gasteiger partial charge >= 0.3 is 7.82 Å². The third kappa shape index (κ3) is 4.43. The Labute approximate surface area is 108 Å². The predicted octanol–water partition coefficient (Wildman–Crippen LogP) is -3.09. The van der Waals surface area contributed by atoms with Gasteiger partial charge in [-0.1, -0.05) is 0 Å². The number of ether oxygens (including phenoxy) is 2. The lowest BCUT2D eigenvalue weighted by atomic mass is 9.95. The molecule has 1 aliphatic rings. The summed E-state index contributed by atoms with van der Waals surface area (Å²) in [7, 11) is -3.61. The number of aliphatic hydroxyl groups is 4. The normalized spacial score (nSPS) is 38.2. The minimum atomic E-state index is -4.78. The van der Waals surface area contributed by atoms with Gasteiger partial charge in [0.25, 0.3) is 0 Å². The van der Waals surface area contributed by atoms with E-state index in [0.717, 1.165) is 0 Å². The molecule has 10 nitrogen and oxygen atoms in total. The molecule has 2 unspecified atom stereocenters. The molecular weight excluding hydrogens is 287 g/mol.